The van der Waals surface area contributed by atoms with Crippen molar-refractivity contribution in [1.29, 1.82) is 0 Å². The molecule has 8 nitrogen and oxygen atoms in total. The summed E-state index contributed by atoms with van der Waals surface area (Å²) in [6, 6.07) is 17.9. The second-order valence-electron chi connectivity index (χ2n) is 7.74. The number of carboxylic acids is 1. The zero-order valence-electron chi connectivity index (χ0n) is 19.9. The number of hydrazine groups is 1. The lowest BCUT2D eigenvalue weighted by Crippen LogP contribution is -2.56. The molecule has 0 heterocycles. The first-order valence-corrected chi connectivity index (χ1v) is 11.4. The standard InChI is InChI=1S/C26H33N3O5/c1-4-28(17-21-12-8-6-9-13-21)29(18-25(31)32)26(33)20(3)27-24(34-5-2)16-23(19-30)22-14-10-7-11-15-22/h6-15,20,24,27H,4-5,16-18H2,1-3H3,(H,31,32)/t20-,24-/m0/s1. The van der Waals surface area contributed by atoms with Crippen LogP contribution in [-0.2, 0) is 25.7 Å². The summed E-state index contributed by atoms with van der Waals surface area (Å²) in [5.41, 5.74) is 2.12. The highest BCUT2D eigenvalue weighted by Gasteiger charge is 2.29. The summed E-state index contributed by atoms with van der Waals surface area (Å²) in [5, 5.41) is 15.5. The van der Waals surface area contributed by atoms with Gasteiger partial charge in [0.05, 0.1) is 6.04 Å². The second kappa shape index (κ2) is 14.1. The molecule has 182 valence electrons. The van der Waals surface area contributed by atoms with Crippen LogP contribution >= 0.6 is 0 Å². The summed E-state index contributed by atoms with van der Waals surface area (Å²) in [6.45, 7) is 6.09. The number of hydrogen-bond donors (Lipinski definition) is 2. The molecule has 2 aromatic carbocycles. The highest BCUT2D eigenvalue weighted by atomic mass is 16.5. The van der Waals surface area contributed by atoms with E-state index in [1.807, 2.05) is 80.5 Å². The summed E-state index contributed by atoms with van der Waals surface area (Å²) in [4.78, 5) is 36.5. The molecule has 0 saturated carbocycles. The molecule has 0 fully saturated rings. The lowest BCUT2D eigenvalue weighted by molar-refractivity contribution is -0.162. The molecule has 0 aliphatic heterocycles. The lowest BCUT2D eigenvalue weighted by atomic mass is 10.0. The van der Waals surface area contributed by atoms with Crippen molar-refractivity contribution in [2.75, 3.05) is 19.7 Å². The summed E-state index contributed by atoms with van der Waals surface area (Å²) >= 11 is 0. The Morgan fingerprint density at radius 1 is 1.06 bits per heavy atom. The third-order valence-corrected chi connectivity index (χ3v) is 5.26. The third-order valence-electron chi connectivity index (χ3n) is 5.26. The van der Waals surface area contributed by atoms with Gasteiger partial charge in [-0.05, 0) is 25.0 Å². The molecule has 0 aliphatic rings. The van der Waals surface area contributed by atoms with E-state index in [4.69, 9.17) is 4.74 Å². The van der Waals surface area contributed by atoms with E-state index < -0.39 is 30.7 Å². The van der Waals surface area contributed by atoms with Crippen molar-refractivity contribution in [3.63, 3.8) is 0 Å². The largest absolute Gasteiger partial charge is 0.480 e. The van der Waals surface area contributed by atoms with Gasteiger partial charge in [0.2, 0.25) is 0 Å². The first-order valence-electron chi connectivity index (χ1n) is 11.4. The van der Waals surface area contributed by atoms with Gasteiger partial charge < -0.3 is 9.84 Å². The van der Waals surface area contributed by atoms with Crippen molar-refractivity contribution in [2.24, 2.45) is 0 Å². The fourth-order valence-electron chi connectivity index (χ4n) is 3.59. The lowest BCUT2D eigenvalue weighted by Gasteiger charge is -2.35. The van der Waals surface area contributed by atoms with E-state index in [1.165, 1.54) is 5.01 Å². The number of rotatable bonds is 14. The van der Waals surface area contributed by atoms with Crippen LogP contribution in [0.1, 0.15) is 38.3 Å². The fourth-order valence-corrected chi connectivity index (χ4v) is 3.59. The fraction of sp³-hybridized carbons (Fsp3) is 0.385. The molecule has 34 heavy (non-hydrogen) atoms. The molecule has 0 aromatic heterocycles. The Labute approximate surface area is 200 Å². The Kier molecular flexibility index (Phi) is 11.2. The second-order valence-corrected chi connectivity index (χ2v) is 7.74. The number of nitrogens with zero attached hydrogens (tertiary/aromatic N) is 2. The number of carboxylic acid groups (broad SMARTS) is 1. The molecular weight excluding hydrogens is 434 g/mol. The Balaban J connectivity index is 2.17. The van der Waals surface area contributed by atoms with Gasteiger partial charge in [0.15, 0.2) is 0 Å². The number of amides is 1. The topological polar surface area (TPSA) is 99.2 Å². The van der Waals surface area contributed by atoms with Crippen molar-refractivity contribution in [2.45, 2.75) is 46.0 Å². The molecule has 0 unspecified atom stereocenters. The van der Waals surface area contributed by atoms with Crippen molar-refractivity contribution < 1.29 is 24.2 Å². The Bertz CT molecular complexity index is 961. The van der Waals surface area contributed by atoms with E-state index in [1.54, 1.807) is 11.9 Å². The van der Waals surface area contributed by atoms with E-state index in [2.05, 4.69) is 5.32 Å². The average Bonchev–Trinajstić information content (AvgIpc) is 2.85. The first kappa shape index (κ1) is 27.0. The number of carbonyl (C=O) groups excluding carboxylic acids is 2. The van der Waals surface area contributed by atoms with E-state index in [9.17, 15) is 19.5 Å². The number of benzene rings is 2. The van der Waals surface area contributed by atoms with Gasteiger partial charge in [-0.15, -0.1) is 0 Å². The Hall–Kier alpha value is -3.29. The molecule has 2 N–H and O–H groups in total. The maximum Gasteiger partial charge on any atom is 0.324 e. The van der Waals surface area contributed by atoms with Gasteiger partial charge >= 0.3 is 5.97 Å². The number of aliphatic carboxylic acids is 1. The number of ether oxygens (including phenoxy) is 1. The van der Waals surface area contributed by atoms with Crippen molar-refractivity contribution in [1.82, 2.24) is 15.3 Å². The molecular formula is C26H33N3O5. The van der Waals surface area contributed by atoms with Gasteiger partial charge in [-0.2, -0.15) is 0 Å². The van der Waals surface area contributed by atoms with Crippen LogP contribution in [0.2, 0.25) is 0 Å². The van der Waals surface area contributed by atoms with Crippen molar-refractivity contribution >= 4 is 23.4 Å². The van der Waals surface area contributed by atoms with Gasteiger partial charge in [-0.3, -0.25) is 19.9 Å². The highest BCUT2D eigenvalue weighted by molar-refractivity contribution is 5.88. The van der Waals surface area contributed by atoms with Gasteiger partial charge in [-0.25, -0.2) is 9.80 Å². The van der Waals surface area contributed by atoms with Crippen LogP contribution in [0.4, 0.5) is 0 Å². The van der Waals surface area contributed by atoms with Crippen LogP contribution in [0.25, 0.3) is 5.57 Å². The summed E-state index contributed by atoms with van der Waals surface area (Å²) < 4.78 is 5.75. The van der Waals surface area contributed by atoms with E-state index in [0.717, 1.165) is 11.1 Å². The molecule has 0 bridgehead atoms. The van der Waals surface area contributed by atoms with Crippen molar-refractivity contribution in [3.8, 4) is 0 Å². The summed E-state index contributed by atoms with van der Waals surface area (Å²) in [6.07, 6.45) is -0.421. The molecule has 0 radical (unpaired) electrons. The molecule has 2 rings (SSSR count). The van der Waals surface area contributed by atoms with Crippen LogP contribution in [-0.4, -0.2) is 64.9 Å². The monoisotopic (exact) mass is 467 g/mol. The third kappa shape index (κ3) is 8.24. The van der Waals surface area contributed by atoms with Crippen LogP contribution in [0.3, 0.4) is 0 Å². The Morgan fingerprint density at radius 3 is 2.21 bits per heavy atom. The van der Waals surface area contributed by atoms with Gasteiger partial charge in [0, 0.05) is 31.7 Å². The maximum atomic E-state index is 13.4. The molecule has 0 spiro atoms. The van der Waals surface area contributed by atoms with Crippen LogP contribution in [0.5, 0.6) is 0 Å². The van der Waals surface area contributed by atoms with Gasteiger partial charge in [0.1, 0.15) is 18.7 Å². The van der Waals surface area contributed by atoms with Crippen LogP contribution in [0.15, 0.2) is 60.7 Å². The van der Waals surface area contributed by atoms with E-state index in [-0.39, 0.29) is 6.42 Å². The molecule has 8 heteroatoms. The minimum Gasteiger partial charge on any atom is -0.480 e. The molecule has 0 aliphatic carbocycles. The number of hydrogen-bond acceptors (Lipinski definition) is 6. The van der Waals surface area contributed by atoms with E-state index >= 15 is 0 Å². The van der Waals surface area contributed by atoms with Gasteiger partial charge in [0.25, 0.3) is 5.91 Å². The average molecular weight is 468 g/mol. The summed E-state index contributed by atoms with van der Waals surface area (Å²) in [7, 11) is 0. The number of nitrogens with one attached hydrogen (secondary N) is 1. The minimum atomic E-state index is -1.11. The normalized spacial score (nSPS) is 12.6. The zero-order valence-corrected chi connectivity index (χ0v) is 19.9. The predicted octanol–water partition coefficient (Wildman–Crippen LogP) is 2.98. The summed E-state index contributed by atoms with van der Waals surface area (Å²) in [5.74, 6) is 0.469. The van der Waals surface area contributed by atoms with Crippen LogP contribution in [0, 0.1) is 0 Å². The van der Waals surface area contributed by atoms with Crippen molar-refractivity contribution in [3.05, 3.63) is 71.8 Å². The van der Waals surface area contributed by atoms with Crippen LogP contribution < -0.4 is 5.32 Å². The first-order chi connectivity index (χ1) is 16.4. The number of carbonyl (C=O) groups is 2. The van der Waals surface area contributed by atoms with Gasteiger partial charge in [-0.1, -0.05) is 67.6 Å². The molecule has 0 saturated heterocycles. The predicted molar refractivity (Wildman–Crippen MR) is 130 cm³/mol. The van der Waals surface area contributed by atoms with E-state index in [0.29, 0.717) is 25.3 Å². The SMILES string of the molecule is CCO[C@@H](CC(=C=O)c1ccccc1)N[C@@H](C)C(=O)N(CC(=O)O)N(CC)Cc1ccccc1. The zero-order chi connectivity index (χ0) is 24.9. The molecule has 1 amide bonds. The molecule has 2 atom stereocenters. The molecule has 2 aromatic rings. The maximum absolute atomic E-state index is 13.4. The highest BCUT2D eigenvalue weighted by Crippen LogP contribution is 2.18. The quantitative estimate of drug-likeness (QED) is 0.250. The minimum absolute atomic E-state index is 0.208. The Morgan fingerprint density at radius 2 is 1.68 bits per heavy atom. The smallest absolute Gasteiger partial charge is 0.324 e.